The van der Waals surface area contributed by atoms with Gasteiger partial charge in [0.1, 0.15) is 30.8 Å². The van der Waals surface area contributed by atoms with Gasteiger partial charge in [-0.2, -0.15) is 9.36 Å². The number of fused-ring (bicyclic) bond motifs is 1. The van der Waals surface area contributed by atoms with Gasteiger partial charge in [0.05, 0.1) is 5.69 Å². The Balaban J connectivity index is 0.00000118. The van der Waals surface area contributed by atoms with Gasteiger partial charge >= 0.3 is 13.7 Å². The van der Waals surface area contributed by atoms with E-state index in [0.29, 0.717) is 20.8 Å². The number of carbonyl (C=O) groups is 4. The number of aromatic nitrogens is 4. The number of hydrogen-bond acceptors (Lipinski definition) is 15. The number of nitrogens with one attached hydrogen (secondary N) is 2. The first-order valence-corrected chi connectivity index (χ1v) is 18.2. The molecule has 0 radical (unpaired) electrons. The molecule has 2 aliphatic heterocycles. The Bertz CT molecular complexity index is 1790. The lowest BCUT2D eigenvalue weighted by Crippen LogP contribution is -2.71. The summed E-state index contributed by atoms with van der Waals surface area (Å²) in [5, 5.41) is 27.9. The first kappa shape index (κ1) is 35.9. The Kier molecular flexibility index (Phi) is 11.7. The molecule has 0 spiro atoms. The molecule has 1 fully saturated rings. The average Bonchev–Trinajstić information content (AvgIpc) is 3.64. The number of hydrogen-bond donors (Lipinski definition) is 5. The van der Waals surface area contributed by atoms with E-state index in [2.05, 4.69) is 24.8 Å². The molecule has 2 unspecified atom stereocenters. The van der Waals surface area contributed by atoms with Gasteiger partial charge in [0.2, 0.25) is 16.7 Å². The molecule has 3 aromatic rings. The number of aliphatic carboxylic acids is 2. The van der Waals surface area contributed by atoms with E-state index in [0.717, 1.165) is 23.1 Å². The SMILES string of the molecule is CC(=O)[O-].CCO/N=C(/C(=O)NC1C(=O)N2C(C(=O)O)=C(Sc3nc(-c4cc[n+](C)cc4)cs3)CSC12)c1nsc(NP(=O)(O)O)n1. The van der Waals surface area contributed by atoms with Crippen molar-refractivity contribution in [3.63, 3.8) is 0 Å². The van der Waals surface area contributed by atoms with Crippen LogP contribution in [0.1, 0.15) is 19.7 Å². The van der Waals surface area contributed by atoms with E-state index in [1.54, 1.807) is 6.92 Å². The summed E-state index contributed by atoms with van der Waals surface area (Å²) < 4.78 is 17.6. The van der Waals surface area contributed by atoms with Crippen molar-refractivity contribution in [2.75, 3.05) is 17.4 Å². The summed E-state index contributed by atoms with van der Waals surface area (Å²) in [5.41, 5.74) is 1.06. The molecule has 5 rings (SSSR count). The Hall–Kier alpha value is -3.92. The predicted molar refractivity (Wildman–Crippen MR) is 169 cm³/mol. The summed E-state index contributed by atoms with van der Waals surface area (Å²) in [4.78, 5) is 80.7. The molecular weight excluding hydrogens is 720 g/mol. The van der Waals surface area contributed by atoms with Crippen molar-refractivity contribution in [1.82, 2.24) is 24.6 Å². The van der Waals surface area contributed by atoms with E-state index in [-0.39, 0.29) is 29.0 Å². The number of oxime groups is 1. The van der Waals surface area contributed by atoms with Crippen LogP contribution in [0.5, 0.6) is 0 Å². The van der Waals surface area contributed by atoms with Gasteiger partial charge in [-0.15, -0.1) is 23.1 Å². The number of thiazole rings is 1. The zero-order valence-corrected chi connectivity index (χ0v) is 28.6. The standard InChI is InChI=1S/C22H21N8O8PS4.C2H4O2/c1-3-38-26-13(16-25-21(43-28-16)27-39(35,36)37)17(31)24-14-18(32)30-15(20(33)34)12(9-40-19(14)30)42-22-23-11(8-41-22)10-4-6-29(2)7-5-10;1-2(3)4/h4-8,14,19H,3,9H2,1-2H3,(H4-,24,25,27,28,31,33,34,35,36,37);1H3,(H,3,4)/b26-13+;. The fraction of sp³-hybridized carbons (Fsp3) is 0.292. The molecule has 0 aliphatic carbocycles. The quantitative estimate of drug-likeness (QED) is 0.0568. The lowest BCUT2D eigenvalue weighted by molar-refractivity contribution is -0.671. The molecule has 3 aromatic heterocycles. The molecule has 0 bridgehead atoms. The van der Waals surface area contributed by atoms with Gasteiger partial charge in [0.15, 0.2) is 16.7 Å². The fourth-order valence-corrected chi connectivity index (χ4v) is 8.60. The topological polar surface area (TPSA) is 261 Å². The maximum absolute atomic E-state index is 13.2. The molecule has 5 N–H and O–H groups in total. The summed E-state index contributed by atoms with van der Waals surface area (Å²) in [6.07, 6.45) is 3.80. The highest BCUT2D eigenvalue weighted by Gasteiger charge is 2.54. The first-order chi connectivity index (χ1) is 22.2. The monoisotopic (exact) mass is 744 g/mol. The molecule has 18 nitrogen and oxygen atoms in total. The minimum Gasteiger partial charge on any atom is -0.550 e. The fourth-order valence-electron chi connectivity index (χ4n) is 3.90. The van der Waals surface area contributed by atoms with Gasteiger partial charge < -0.3 is 34.9 Å². The van der Waals surface area contributed by atoms with Crippen molar-refractivity contribution in [1.29, 1.82) is 0 Å². The molecule has 47 heavy (non-hydrogen) atoms. The number of aryl methyl sites for hydroxylation is 1. The molecule has 2 aliphatic rings. The van der Waals surface area contributed by atoms with Gasteiger partial charge in [-0.25, -0.2) is 18.9 Å². The van der Waals surface area contributed by atoms with E-state index in [4.69, 9.17) is 24.5 Å². The minimum atomic E-state index is -4.67. The van der Waals surface area contributed by atoms with Crippen LogP contribution in [0.3, 0.4) is 0 Å². The van der Waals surface area contributed by atoms with Gasteiger partial charge in [-0.05, 0) is 13.8 Å². The summed E-state index contributed by atoms with van der Waals surface area (Å²) in [5.74, 6) is -3.92. The first-order valence-electron chi connectivity index (χ1n) is 13.0. The average molecular weight is 745 g/mol. The minimum absolute atomic E-state index is 0.0843. The molecular formula is C24H25N8O10PS4. The van der Waals surface area contributed by atoms with Crippen molar-refractivity contribution in [2.45, 2.75) is 29.6 Å². The van der Waals surface area contributed by atoms with Crippen LogP contribution in [0.2, 0.25) is 0 Å². The summed E-state index contributed by atoms with van der Waals surface area (Å²) >= 11 is 4.40. The number of anilines is 1. The van der Waals surface area contributed by atoms with Crippen LogP contribution in [0, 0.1) is 0 Å². The second kappa shape index (κ2) is 15.3. The zero-order chi connectivity index (χ0) is 34.5. The molecule has 5 heterocycles. The van der Waals surface area contributed by atoms with E-state index in [1.807, 2.05) is 46.6 Å². The smallest absolute Gasteiger partial charge is 0.429 e. The third-order valence-corrected chi connectivity index (χ3v) is 10.5. The highest BCUT2D eigenvalue weighted by molar-refractivity contribution is 8.07. The second-order valence-electron chi connectivity index (χ2n) is 9.22. The number of carboxylic acid groups (broad SMARTS) is 2. The third kappa shape index (κ3) is 9.12. The Morgan fingerprint density at radius 1 is 1.28 bits per heavy atom. The highest BCUT2D eigenvalue weighted by Crippen LogP contribution is 2.46. The van der Waals surface area contributed by atoms with E-state index in [9.17, 15) is 24.1 Å². The van der Waals surface area contributed by atoms with Crippen molar-refractivity contribution < 1.29 is 53.1 Å². The third-order valence-electron chi connectivity index (χ3n) is 5.77. The van der Waals surface area contributed by atoms with Crippen molar-refractivity contribution in [3.05, 3.63) is 46.3 Å². The Labute approximate surface area is 282 Å². The molecule has 0 saturated carbocycles. The van der Waals surface area contributed by atoms with Gasteiger partial charge in [0.25, 0.3) is 11.8 Å². The normalized spacial score (nSPS) is 17.6. The Morgan fingerprint density at radius 2 is 1.96 bits per heavy atom. The van der Waals surface area contributed by atoms with Crippen LogP contribution in [0.4, 0.5) is 5.13 Å². The maximum atomic E-state index is 13.2. The lowest BCUT2D eigenvalue weighted by Gasteiger charge is -2.49. The number of thioether (sulfide) groups is 2. The number of nitrogens with zero attached hydrogens (tertiary/aromatic N) is 6. The van der Waals surface area contributed by atoms with Gasteiger partial charge in [-0.3, -0.25) is 19.6 Å². The van der Waals surface area contributed by atoms with Crippen molar-refractivity contribution >= 4 is 88.7 Å². The number of β-lactam (4-membered cyclic amide) rings is 1. The highest BCUT2D eigenvalue weighted by atomic mass is 32.2. The summed E-state index contributed by atoms with van der Waals surface area (Å²) in [6.45, 7) is 2.67. The lowest BCUT2D eigenvalue weighted by atomic mass is 10.0. The maximum Gasteiger partial charge on any atom is 0.429 e. The molecule has 0 aromatic carbocycles. The second-order valence-corrected chi connectivity index (χ2v) is 14.6. The summed E-state index contributed by atoms with van der Waals surface area (Å²) in [6, 6.07) is 2.77. The van der Waals surface area contributed by atoms with Gasteiger partial charge in [-0.1, -0.05) is 16.9 Å². The number of amides is 2. The molecule has 23 heteroatoms. The summed E-state index contributed by atoms with van der Waals surface area (Å²) in [7, 11) is -2.77. The van der Waals surface area contributed by atoms with Gasteiger partial charge in [0, 0.05) is 51.2 Å². The Morgan fingerprint density at radius 3 is 2.57 bits per heavy atom. The number of rotatable bonds is 11. The van der Waals surface area contributed by atoms with Crippen LogP contribution >= 0.6 is 54.1 Å². The van der Waals surface area contributed by atoms with Crippen LogP contribution < -0.4 is 20.1 Å². The molecule has 1 saturated heterocycles. The molecule has 2 amide bonds. The van der Waals surface area contributed by atoms with Crippen LogP contribution in [-0.2, 0) is 35.6 Å². The largest absolute Gasteiger partial charge is 0.550 e. The van der Waals surface area contributed by atoms with Crippen molar-refractivity contribution in [2.24, 2.45) is 12.2 Å². The number of pyridine rings is 1. The van der Waals surface area contributed by atoms with E-state index in [1.165, 1.54) is 34.9 Å². The molecule has 250 valence electrons. The zero-order valence-electron chi connectivity index (χ0n) is 24.4. The van der Waals surface area contributed by atoms with Crippen LogP contribution in [0.15, 0.2) is 50.0 Å². The van der Waals surface area contributed by atoms with Crippen LogP contribution in [0.25, 0.3) is 11.3 Å². The van der Waals surface area contributed by atoms with Crippen molar-refractivity contribution in [3.8, 4) is 11.3 Å². The number of carboxylic acids is 2. The van der Waals surface area contributed by atoms with E-state index >= 15 is 0 Å². The predicted octanol–water partition coefficient (Wildman–Crippen LogP) is -0.0241. The van der Waals surface area contributed by atoms with Crippen LogP contribution in [-0.4, -0.2) is 87.4 Å². The molecule has 2 atom stereocenters. The number of carbonyl (C=O) groups excluding carboxylic acids is 3. The van der Waals surface area contributed by atoms with E-state index < -0.39 is 48.6 Å².